The normalized spacial score (nSPS) is 11.4. The van der Waals surface area contributed by atoms with Gasteiger partial charge in [-0.2, -0.15) is 0 Å². The van der Waals surface area contributed by atoms with Crippen LogP contribution in [0.1, 0.15) is 12.8 Å². The van der Waals surface area contributed by atoms with E-state index in [1.54, 1.807) is 58.7 Å². The third-order valence-corrected chi connectivity index (χ3v) is 19.5. The largest absolute Gasteiger partial charge is 0.347 e. The van der Waals surface area contributed by atoms with Gasteiger partial charge in [0, 0.05) is 129 Å². The van der Waals surface area contributed by atoms with Crippen LogP contribution in [0.3, 0.4) is 0 Å². The summed E-state index contributed by atoms with van der Waals surface area (Å²) in [7, 11) is -11.2. The Morgan fingerprint density at radius 1 is 0.420 bits per heavy atom. The number of nitrogens with zero attached hydrogens (tertiary/aromatic N) is 6. The molecule has 88 heavy (non-hydrogen) atoms. The number of aromatic nitrogens is 6. The van der Waals surface area contributed by atoms with Gasteiger partial charge in [-0.1, -0.05) is 41.9 Å². The van der Waals surface area contributed by atoms with Crippen LogP contribution in [0.2, 0.25) is 5.02 Å². The molecule has 4 amide bonds. The average molecular weight is 1310 g/mol. The topological polar surface area (TPSA) is 299 Å². The van der Waals surface area contributed by atoms with Crippen LogP contribution in [0.15, 0.2) is 226 Å². The molecule has 0 aliphatic heterocycles. The lowest BCUT2D eigenvalue weighted by atomic mass is 10.2. The fourth-order valence-corrected chi connectivity index (χ4v) is 14.1. The highest BCUT2D eigenvalue weighted by atomic mass is 35.5. The van der Waals surface area contributed by atoms with Crippen molar-refractivity contribution >= 4 is 164 Å². The molecule has 0 saturated heterocycles. The van der Waals surface area contributed by atoms with Crippen LogP contribution in [-0.4, -0.2) is 72.2 Å². The Kier molecular flexibility index (Phi) is 19.5. The molecule has 0 saturated carbocycles. The first kappa shape index (κ1) is 61.5. The summed E-state index contributed by atoms with van der Waals surface area (Å²) in [5.74, 6) is -0.304. The molecule has 6 heterocycles. The van der Waals surface area contributed by atoms with Crippen LogP contribution in [0.25, 0.3) is 32.7 Å². The summed E-state index contributed by atoms with van der Waals surface area (Å²) in [6, 6.07) is 44.2. The Hall–Kier alpha value is -9.55. The molecule has 7 N–H and O–H groups in total. The van der Waals surface area contributed by atoms with E-state index < -0.39 is 36.1 Å². The van der Waals surface area contributed by atoms with Crippen molar-refractivity contribution in [2.24, 2.45) is 0 Å². The molecule has 0 unspecified atom stereocenters. The molecular weight excluding hydrogens is 1260 g/mol. The summed E-state index contributed by atoms with van der Waals surface area (Å²) >= 11 is 9.58. The minimum Gasteiger partial charge on any atom is -0.347 e. The zero-order valence-corrected chi connectivity index (χ0v) is 51.4. The maximum absolute atomic E-state index is 12.4. The summed E-state index contributed by atoms with van der Waals surface area (Å²) in [6.45, 7) is 1.07. The lowest BCUT2D eigenvalue weighted by Gasteiger charge is -2.09. The summed E-state index contributed by atoms with van der Waals surface area (Å²) in [4.78, 5) is 53.1. The summed E-state index contributed by atoms with van der Waals surface area (Å²) < 4.78 is 85.3. The van der Waals surface area contributed by atoms with Gasteiger partial charge in [0.1, 0.15) is 0 Å². The Labute approximate surface area is 521 Å². The molecule has 0 spiro atoms. The second-order valence-electron chi connectivity index (χ2n) is 18.8. The number of urea groups is 1. The fourth-order valence-electron chi connectivity index (χ4n) is 8.53. The van der Waals surface area contributed by atoms with Crippen molar-refractivity contribution in [3.63, 3.8) is 0 Å². The molecule has 0 bridgehead atoms. The van der Waals surface area contributed by atoms with E-state index in [0.29, 0.717) is 57.5 Å². The van der Waals surface area contributed by atoms with Gasteiger partial charge in [-0.15, -0.1) is 34.0 Å². The Morgan fingerprint density at radius 3 is 1.34 bits per heavy atom. The Balaban J connectivity index is 0.000000146. The molecule has 12 rings (SSSR count). The first-order chi connectivity index (χ1) is 42.4. The Bertz CT molecular complexity index is 4730. The number of halogens is 1. The van der Waals surface area contributed by atoms with Crippen LogP contribution in [0.4, 0.5) is 42.9 Å². The number of amides is 4. The van der Waals surface area contributed by atoms with E-state index in [0.717, 1.165) is 32.7 Å². The first-order valence-electron chi connectivity index (χ1n) is 26.3. The van der Waals surface area contributed by atoms with E-state index in [4.69, 9.17) is 11.6 Å². The van der Waals surface area contributed by atoms with Gasteiger partial charge in [-0.3, -0.25) is 28.7 Å². The molecule has 0 fully saturated rings. The van der Waals surface area contributed by atoms with Crippen molar-refractivity contribution in [1.29, 1.82) is 0 Å². The van der Waals surface area contributed by atoms with Gasteiger partial charge >= 0.3 is 6.03 Å². The third-order valence-electron chi connectivity index (χ3n) is 12.7. The number of aryl methyl sites for hydroxylation is 2. The molecule has 6 aromatic heterocycles. The summed E-state index contributed by atoms with van der Waals surface area (Å²) in [5.41, 5.74) is 4.98. The standard InChI is InChI=1S/C20H17ClN4O3S2.C20H18N4O3S2.C19H15N5O3S2/c21-15-1-6-18-14(13-15)7-10-25(18)11-8-19(26)23-16-2-4-17(5-3-16)30(27,28)24-20-22-9-12-29-20;25-19(10-13-24-12-9-15-3-1-2-4-18(15)24)22-16-5-7-17(8-6-16)29(26,27)23-20-21-11-14-28-20;25-18(23-15-4-3-13-2-1-9-20-17(13)12-15)22-14-5-7-16(8-6-14)29(26,27)24-19-21-10-11-28-19/h1-7,9-10,12-13H,8,11H2,(H,22,24)(H,23,26);1-9,11-12,14H,10,13H2,(H,21,23)(H,22,25);1-12H,(H,21,24)(H2,22,23,25). The molecule has 448 valence electrons. The van der Waals surface area contributed by atoms with Crippen molar-refractivity contribution < 1.29 is 39.6 Å². The maximum Gasteiger partial charge on any atom is 0.323 e. The predicted molar refractivity (Wildman–Crippen MR) is 348 cm³/mol. The molecule has 6 aromatic carbocycles. The smallest absolute Gasteiger partial charge is 0.323 e. The number of benzene rings is 6. The van der Waals surface area contributed by atoms with E-state index in [1.807, 2.05) is 94.3 Å². The monoisotopic (exact) mass is 1310 g/mol. The van der Waals surface area contributed by atoms with E-state index in [-0.39, 0.29) is 38.1 Å². The third kappa shape index (κ3) is 16.5. The van der Waals surface area contributed by atoms with Gasteiger partial charge in [-0.25, -0.2) is 45.0 Å². The second-order valence-corrected chi connectivity index (χ2v) is 26.9. The lowest BCUT2D eigenvalue weighted by Crippen LogP contribution is -2.19. The van der Waals surface area contributed by atoms with E-state index in [9.17, 15) is 39.6 Å². The number of hydrogen-bond acceptors (Lipinski definition) is 16. The lowest BCUT2D eigenvalue weighted by molar-refractivity contribution is -0.117. The fraction of sp³-hybridized carbons (Fsp3) is 0.0678. The average Bonchev–Trinajstić information content (AvgIpc) is 3.91. The minimum absolute atomic E-state index is 0.0688. The van der Waals surface area contributed by atoms with Crippen molar-refractivity contribution in [2.45, 2.75) is 40.6 Å². The van der Waals surface area contributed by atoms with Crippen LogP contribution in [0.5, 0.6) is 0 Å². The van der Waals surface area contributed by atoms with E-state index in [1.165, 1.54) is 101 Å². The number of nitrogens with one attached hydrogen (secondary N) is 7. The summed E-state index contributed by atoms with van der Waals surface area (Å²) in [5, 5.41) is 20.7. The molecule has 22 nitrogen and oxygen atoms in total. The quantitative estimate of drug-likeness (QED) is 0.0397. The molecule has 29 heteroatoms. The van der Waals surface area contributed by atoms with Crippen molar-refractivity contribution in [3.8, 4) is 0 Å². The highest BCUT2D eigenvalue weighted by molar-refractivity contribution is 7.93. The summed E-state index contributed by atoms with van der Waals surface area (Å²) in [6.07, 6.45) is 10.7. The van der Waals surface area contributed by atoms with Gasteiger partial charge in [0.05, 0.1) is 20.2 Å². The zero-order valence-electron chi connectivity index (χ0n) is 45.7. The highest BCUT2D eigenvalue weighted by Crippen LogP contribution is 2.26. The van der Waals surface area contributed by atoms with Gasteiger partial charge in [0.2, 0.25) is 11.8 Å². The predicted octanol–water partition coefficient (Wildman–Crippen LogP) is 12.6. The Morgan fingerprint density at radius 2 is 0.852 bits per heavy atom. The molecule has 0 aliphatic rings. The van der Waals surface area contributed by atoms with Gasteiger partial charge in [-0.05, 0) is 133 Å². The van der Waals surface area contributed by atoms with Crippen LogP contribution < -0.4 is 35.4 Å². The number of rotatable bonds is 19. The first-order valence-corrected chi connectivity index (χ1v) is 33.8. The number of pyridine rings is 1. The molecule has 0 radical (unpaired) electrons. The number of thiazole rings is 3. The zero-order chi connectivity index (χ0) is 61.7. The number of sulfonamides is 3. The van der Waals surface area contributed by atoms with Crippen LogP contribution in [0, 0.1) is 0 Å². The second kappa shape index (κ2) is 27.9. The number of carbonyl (C=O) groups is 3. The molecule has 0 atom stereocenters. The molecule has 12 aromatic rings. The van der Waals surface area contributed by atoms with Crippen molar-refractivity contribution in [3.05, 3.63) is 216 Å². The molecule has 0 aliphatic carbocycles. The molecular formula is C59H50ClN13O9S6. The van der Waals surface area contributed by atoms with Gasteiger partial charge in [0.25, 0.3) is 30.1 Å². The number of hydrogen-bond donors (Lipinski definition) is 7. The van der Waals surface area contributed by atoms with Gasteiger partial charge < -0.3 is 30.4 Å². The maximum atomic E-state index is 12.4. The highest BCUT2D eigenvalue weighted by Gasteiger charge is 2.19. The van der Waals surface area contributed by atoms with E-state index in [2.05, 4.69) is 55.4 Å². The number of para-hydroxylation sites is 1. The van der Waals surface area contributed by atoms with Crippen molar-refractivity contribution in [1.82, 2.24) is 29.1 Å². The number of carbonyl (C=O) groups excluding carboxylic acids is 3. The van der Waals surface area contributed by atoms with Gasteiger partial charge in [0.15, 0.2) is 15.4 Å². The minimum atomic E-state index is -3.74. The van der Waals surface area contributed by atoms with Crippen LogP contribution >= 0.6 is 45.6 Å². The van der Waals surface area contributed by atoms with E-state index >= 15 is 0 Å². The number of fused-ring (bicyclic) bond motifs is 3. The van der Waals surface area contributed by atoms with Crippen molar-refractivity contribution in [2.75, 3.05) is 35.4 Å². The van der Waals surface area contributed by atoms with Crippen LogP contribution in [-0.2, 0) is 52.7 Å². The number of anilines is 7. The SMILES string of the molecule is O=C(CCn1ccc2cc(Cl)ccc21)Nc1ccc(S(=O)(=O)Nc2nccs2)cc1.O=C(CCn1ccc2ccccc21)Nc1ccc(S(=O)(=O)Nc2nccs2)cc1.O=C(Nc1ccc(S(=O)(=O)Nc2nccs2)cc1)Nc1ccc2cccnc2c1.